The maximum atomic E-state index is 10.9. The van der Waals surface area contributed by atoms with Crippen LogP contribution >= 0.6 is 0 Å². The van der Waals surface area contributed by atoms with Crippen molar-refractivity contribution in [1.29, 1.82) is 0 Å². The smallest absolute Gasteiger partial charge is 0.354 e. The molecule has 2 aromatic heterocycles. The van der Waals surface area contributed by atoms with Crippen LogP contribution < -0.4 is 5.73 Å². The fourth-order valence-electron chi connectivity index (χ4n) is 2.20. The molecule has 6 nitrogen and oxygen atoms in total. The molecule has 2 heterocycles. The molecule has 0 unspecified atom stereocenters. The summed E-state index contributed by atoms with van der Waals surface area (Å²) in [5, 5.41) is 13.2. The number of carboxylic acids is 1. The number of nitrogen functional groups attached to an aromatic ring is 1. The van der Waals surface area contributed by atoms with Gasteiger partial charge in [-0.1, -0.05) is 30.3 Å². The number of aromatic carboxylic acids is 1. The molecule has 3 rings (SSSR count). The van der Waals surface area contributed by atoms with Crippen molar-refractivity contribution in [3.63, 3.8) is 0 Å². The third-order valence-electron chi connectivity index (χ3n) is 3.28. The second-order valence-electron chi connectivity index (χ2n) is 4.85. The molecule has 22 heavy (non-hydrogen) atoms. The van der Waals surface area contributed by atoms with Crippen LogP contribution in [0.5, 0.6) is 0 Å². The molecule has 0 fully saturated rings. The molecule has 1 aromatic carbocycles. The Morgan fingerprint density at radius 2 is 1.95 bits per heavy atom. The molecule has 6 heteroatoms. The number of nitrogens with zero attached hydrogens (tertiary/aromatic N) is 3. The highest BCUT2D eigenvalue weighted by Gasteiger charge is 2.11. The van der Waals surface area contributed by atoms with Gasteiger partial charge in [0.05, 0.1) is 12.7 Å². The van der Waals surface area contributed by atoms with Crippen LogP contribution in [0.3, 0.4) is 0 Å². The van der Waals surface area contributed by atoms with Gasteiger partial charge in [0.1, 0.15) is 5.82 Å². The van der Waals surface area contributed by atoms with E-state index in [1.807, 2.05) is 36.5 Å². The van der Waals surface area contributed by atoms with Crippen LogP contribution in [0, 0.1) is 0 Å². The van der Waals surface area contributed by atoms with Crippen molar-refractivity contribution >= 4 is 11.8 Å². The molecular weight excluding hydrogens is 280 g/mol. The van der Waals surface area contributed by atoms with E-state index in [1.54, 1.807) is 16.9 Å². The largest absolute Gasteiger partial charge is 0.477 e. The summed E-state index contributed by atoms with van der Waals surface area (Å²) in [6, 6.07) is 13.1. The van der Waals surface area contributed by atoms with E-state index in [0.29, 0.717) is 12.1 Å². The Morgan fingerprint density at radius 1 is 1.18 bits per heavy atom. The molecule has 0 aliphatic heterocycles. The van der Waals surface area contributed by atoms with Crippen LogP contribution in [0.2, 0.25) is 0 Å². The number of carbonyl (C=O) groups is 1. The van der Waals surface area contributed by atoms with Gasteiger partial charge in [-0.3, -0.25) is 4.68 Å². The zero-order chi connectivity index (χ0) is 15.5. The Morgan fingerprint density at radius 3 is 2.64 bits per heavy atom. The average Bonchev–Trinajstić information content (AvgIpc) is 2.96. The van der Waals surface area contributed by atoms with Crippen LogP contribution in [-0.2, 0) is 6.54 Å². The number of benzene rings is 1. The lowest BCUT2D eigenvalue weighted by molar-refractivity contribution is 0.0690. The second kappa shape index (κ2) is 5.69. The lowest BCUT2D eigenvalue weighted by Crippen LogP contribution is -2.03. The van der Waals surface area contributed by atoms with Gasteiger partial charge in [0.15, 0.2) is 5.69 Å². The van der Waals surface area contributed by atoms with Crippen molar-refractivity contribution < 1.29 is 9.90 Å². The Labute approximate surface area is 126 Å². The first-order valence-corrected chi connectivity index (χ1v) is 6.70. The molecule has 0 spiro atoms. The molecule has 0 amide bonds. The summed E-state index contributed by atoms with van der Waals surface area (Å²) in [6.07, 6.45) is 3.55. The van der Waals surface area contributed by atoms with E-state index < -0.39 is 5.97 Å². The third kappa shape index (κ3) is 2.80. The maximum absolute atomic E-state index is 10.9. The van der Waals surface area contributed by atoms with Gasteiger partial charge in [-0.2, -0.15) is 5.10 Å². The Bertz CT molecular complexity index is 812. The summed E-state index contributed by atoms with van der Waals surface area (Å²) in [5.41, 5.74) is 8.39. The fourth-order valence-corrected chi connectivity index (χ4v) is 2.20. The minimum Gasteiger partial charge on any atom is -0.477 e. The van der Waals surface area contributed by atoms with Crippen LogP contribution in [0.15, 0.2) is 54.9 Å². The summed E-state index contributed by atoms with van der Waals surface area (Å²) >= 11 is 0. The number of aromatic nitrogens is 3. The predicted molar refractivity (Wildman–Crippen MR) is 82.4 cm³/mol. The van der Waals surface area contributed by atoms with E-state index in [2.05, 4.69) is 10.1 Å². The second-order valence-corrected chi connectivity index (χ2v) is 4.85. The van der Waals surface area contributed by atoms with Crippen molar-refractivity contribution in [1.82, 2.24) is 14.8 Å². The molecule has 0 atom stereocenters. The fraction of sp³-hybridized carbons (Fsp3) is 0.0625. The summed E-state index contributed by atoms with van der Waals surface area (Å²) in [7, 11) is 0. The number of hydrogen-bond donors (Lipinski definition) is 2. The summed E-state index contributed by atoms with van der Waals surface area (Å²) in [4.78, 5) is 14.8. The van der Waals surface area contributed by atoms with Crippen LogP contribution in [0.4, 0.5) is 5.82 Å². The van der Waals surface area contributed by atoms with Gasteiger partial charge in [0.25, 0.3) is 0 Å². The topological polar surface area (TPSA) is 94.0 Å². The van der Waals surface area contributed by atoms with Crippen LogP contribution in [-0.4, -0.2) is 25.8 Å². The summed E-state index contributed by atoms with van der Waals surface area (Å²) in [6.45, 7) is 0.654. The quantitative estimate of drug-likeness (QED) is 0.769. The molecule has 3 aromatic rings. The predicted octanol–water partition coefficient (Wildman–Crippen LogP) is 2.27. The van der Waals surface area contributed by atoms with E-state index in [0.717, 1.165) is 11.1 Å². The van der Waals surface area contributed by atoms with Crippen molar-refractivity contribution in [2.24, 2.45) is 0 Å². The zero-order valence-corrected chi connectivity index (χ0v) is 11.7. The molecule has 0 saturated heterocycles. The van der Waals surface area contributed by atoms with E-state index >= 15 is 0 Å². The standard InChI is InChI=1S/C16H14N4O2/c17-15-13(6-7-14(19-15)16(21)22)12-8-18-20(10-12)9-11-4-2-1-3-5-11/h1-8,10H,9H2,(H2,17,19)(H,21,22). The highest BCUT2D eigenvalue weighted by molar-refractivity contribution is 5.87. The molecule has 0 radical (unpaired) electrons. The molecule has 110 valence electrons. The third-order valence-corrected chi connectivity index (χ3v) is 3.28. The van der Waals surface area contributed by atoms with Gasteiger partial charge < -0.3 is 10.8 Å². The monoisotopic (exact) mass is 294 g/mol. The lowest BCUT2D eigenvalue weighted by Gasteiger charge is -2.03. The SMILES string of the molecule is Nc1nc(C(=O)O)ccc1-c1cnn(Cc2ccccc2)c1. The van der Waals surface area contributed by atoms with Gasteiger partial charge >= 0.3 is 5.97 Å². The van der Waals surface area contributed by atoms with Crippen molar-refractivity contribution in [3.8, 4) is 11.1 Å². The molecule has 0 aliphatic carbocycles. The van der Waals surface area contributed by atoms with Gasteiger partial charge in [0.2, 0.25) is 0 Å². The molecule has 0 saturated carbocycles. The highest BCUT2D eigenvalue weighted by Crippen LogP contribution is 2.24. The van der Waals surface area contributed by atoms with Crippen molar-refractivity contribution in [3.05, 3.63) is 66.1 Å². The van der Waals surface area contributed by atoms with Crippen molar-refractivity contribution in [2.45, 2.75) is 6.54 Å². The van der Waals surface area contributed by atoms with Gasteiger partial charge in [-0.15, -0.1) is 0 Å². The first-order valence-electron chi connectivity index (χ1n) is 6.70. The first kappa shape index (κ1) is 13.8. The normalized spacial score (nSPS) is 10.5. The van der Waals surface area contributed by atoms with E-state index in [1.165, 1.54) is 6.07 Å². The Hall–Kier alpha value is -3.15. The average molecular weight is 294 g/mol. The minimum atomic E-state index is -1.10. The summed E-state index contributed by atoms with van der Waals surface area (Å²) < 4.78 is 1.80. The van der Waals surface area contributed by atoms with Gasteiger partial charge in [-0.05, 0) is 17.7 Å². The minimum absolute atomic E-state index is 0.0714. The van der Waals surface area contributed by atoms with Gasteiger partial charge in [-0.25, -0.2) is 9.78 Å². The lowest BCUT2D eigenvalue weighted by atomic mass is 10.1. The summed E-state index contributed by atoms with van der Waals surface area (Å²) in [5.74, 6) is -0.919. The number of rotatable bonds is 4. The molecular formula is C16H14N4O2. The van der Waals surface area contributed by atoms with E-state index in [4.69, 9.17) is 10.8 Å². The van der Waals surface area contributed by atoms with Crippen LogP contribution in [0.1, 0.15) is 16.1 Å². The number of anilines is 1. The Balaban J connectivity index is 1.86. The maximum Gasteiger partial charge on any atom is 0.354 e. The molecule has 0 aliphatic rings. The van der Waals surface area contributed by atoms with Crippen molar-refractivity contribution in [2.75, 3.05) is 5.73 Å². The zero-order valence-electron chi connectivity index (χ0n) is 11.7. The van der Waals surface area contributed by atoms with Gasteiger partial charge in [0, 0.05) is 17.3 Å². The number of carboxylic acid groups (broad SMARTS) is 1. The highest BCUT2D eigenvalue weighted by atomic mass is 16.4. The number of pyridine rings is 1. The van der Waals surface area contributed by atoms with E-state index in [9.17, 15) is 4.79 Å². The molecule has 3 N–H and O–H groups in total. The first-order chi connectivity index (χ1) is 10.6. The Kier molecular flexibility index (Phi) is 3.57. The number of nitrogens with two attached hydrogens (primary N) is 1. The molecule has 0 bridgehead atoms. The van der Waals surface area contributed by atoms with E-state index in [-0.39, 0.29) is 11.5 Å². The number of hydrogen-bond acceptors (Lipinski definition) is 4. The van der Waals surface area contributed by atoms with Crippen LogP contribution in [0.25, 0.3) is 11.1 Å².